The van der Waals surface area contributed by atoms with Crippen LogP contribution in [0.15, 0.2) is 59.6 Å². The van der Waals surface area contributed by atoms with E-state index in [2.05, 4.69) is 5.32 Å². The molecule has 0 unspecified atom stereocenters. The Balaban J connectivity index is 1.83. The van der Waals surface area contributed by atoms with Gasteiger partial charge in [-0.2, -0.15) is 0 Å². The van der Waals surface area contributed by atoms with Gasteiger partial charge in [0.25, 0.3) is 11.8 Å². The second-order valence-corrected chi connectivity index (χ2v) is 7.99. The summed E-state index contributed by atoms with van der Waals surface area (Å²) in [6, 6.07) is 14.2. The number of anilines is 2. The van der Waals surface area contributed by atoms with Gasteiger partial charge in [-0.15, -0.1) is 11.3 Å². The summed E-state index contributed by atoms with van der Waals surface area (Å²) in [7, 11) is 4.60. The quantitative estimate of drug-likeness (QED) is 0.535. The van der Waals surface area contributed by atoms with Crippen molar-refractivity contribution in [2.45, 2.75) is 6.92 Å². The Kier molecular flexibility index (Phi) is 5.87. The summed E-state index contributed by atoms with van der Waals surface area (Å²) in [6.07, 6.45) is 0. The van der Waals surface area contributed by atoms with Crippen molar-refractivity contribution < 1.29 is 23.8 Å². The summed E-state index contributed by atoms with van der Waals surface area (Å²) in [5.74, 6) is 0.636. The normalized spacial score (nSPS) is 13.6. The van der Waals surface area contributed by atoms with E-state index >= 15 is 0 Å². The van der Waals surface area contributed by atoms with Gasteiger partial charge < -0.3 is 19.5 Å². The highest BCUT2D eigenvalue weighted by atomic mass is 32.1. The average molecular weight is 451 g/mol. The molecule has 2 aromatic carbocycles. The summed E-state index contributed by atoms with van der Waals surface area (Å²) in [5, 5.41) is 5.00. The highest BCUT2D eigenvalue weighted by Gasteiger charge is 2.42. The van der Waals surface area contributed by atoms with Crippen molar-refractivity contribution in [3.63, 3.8) is 0 Å². The summed E-state index contributed by atoms with van der Waals surface area (Å²) in [4.78, 5) is 29.0. The van der Waals surface area contributed by atoms with Crippen LogP contribution in [0.5, 0.6) is 17.2 Å². The first-order chi connectivity index (χ1) is 15.5. The molecule has 8 heteroatoms. The van der Waals surface area contributed by atoms with Crippen molar-refractivity contribution in [1.82, 2.24) is 0 Å². The molecule has 0 radical (unpaired) electrons. The van der Waals surface area contributed by atoms with Crippen LogP contribution < -0.4 is 24.4 Å². The monoisotopic (exact) mass is 450 g/mol. The first kappa shape index (κ1) is 21.5. The van der Waals surface area contributed by atoms with Crippen LogP contribution >= 0.6 is 11.3 Å². The maximum absolute atomic E-state index is 13.6. The fourth-order valence-electron chi connectivity index (χ4n) is 3.53. The average Bonchev–Trinajstić information content (AvgIpc) is 3.40. The Morgan fingerprint density at radius 2 is 1.66 bits per heavy atom. The van der Waals surface area contributed by atoms with Gasteiger partial charge in [0.05, 0.1) is 38.3 Å². The van der Waals surface area contributed by atoms with Gasteiger partial charge in [-0.25, -0.2) is 4.90 Å². The molecule has 0 spiro atoms. The van der Waals surface area contributed by atoms with Crippen molar-refractivity contribution in [3.8, 4) is 17.2 Å². The molecular weight excluding hydrogens is 428 g/mol. The number of nitrogens with one attached hydrogen (secondary N) is 1. The first-order valence-corrected chi connectivity index (χ1v) is 10.7. The van der Waals surface area contributed by atoms with Crippen molar-refractivity contribution >= 4 is 40.1 Å². The number of nitrogens with zero attached hydrogens (tertiary/aromatic N) is 1. The Hall–Kier alpha value is -3.78. The van der Waals surface area contributed by atoms with Gasteiger partial charge >= 0.3 is 0 Å². The molecule has 1 aliphatic rings. The van der Waals surface area contributed by atoms with Crippen LogP contribution in [0.3, 0.4) is 0 Å². The molecule has 0 saturated carbocycles. The second-order valence-electron chi connectivity index (χ2n) is 7.04. The molecule has 1 aliphatic heterocycles. The van der Waals surface area contributed by atoms with Crippen molar-refractivity contribution in [3.05, 3.63) is 70.0 Å². The van der Waals surface area contributed by atoms with Crippen LogP contribution in [0, 0.1) is 6.92 Å². The van der Waals surface area contributed by atoms with E-state index in [1.54, 1.807) is 37.4 Å². The molecular formula is C24H22N2O5S. The topological polar surface area (TPSA) is 77.1 Å². The van der Waals surface area contributed by atoms with E-state index in [1.807, 2.05) is 30.5 Å². The Morgan fingerprint density at radius 1 is 0.875 bits per heavy atom. The Bertz CT molecular complexity index is 1220. The number of amides is 2. The van der Waals surface area contributed by atoms with Crippen LogP contribution in [0.4, 0.5) is 11.4 Å². The molecule has 3 aromatic rings. The zero-order valence-corrected chi connectivity index (χ0v) is 18.9. The molecule has 0 fully saturated rings. The predicted molar refractivity (Wildman–Crippen MR) is 125 cm³/mol. The minimum atomic E-state index is -0.472. The number of hydrogen-bond donors (Lipinski definition) is 1. The lowest BCUT2D eigenvalue weighted by molar-refractivity contribution is -0.120. The van der Waals surface area contributed by atoms with Gasteiger partial charge in [0.2, 0.25) is 0 Å². The standard InChI is InChI=1S/C24H22N2O5S/c1-14-7-10-18(30-3)17(12-14)26-23(27)21(20-6-5-11-32-20)22(24(26)28)25-16-9-8-15(29-2)13-19(16)31-4/h5-13,25H,1-4H3. The number of thiophene rings is 1. The number of carbonyl (C=O) groups is 2. The minimum absolute atomic E-state index is 0.171. The smallest absolute Gasteiger partial charge is 0.282 e. The van der Waals surface area contributed by atoms with E-state index in [0.29, 0.717) is 39.1 Å². The number of rotatable bonds is 7. The zero-order chi connectivity index (χ0) is 22.8. The fraction of sp³-hybridized carbons (Fsp3) is 0.167. The lowest BCUT2D eigenvalue weighted by Crippen LogP contribution is -2.32. The molecule has 7 nitrogen and oxygen atoms in total. The van der Waals surface area contributed by atoms with E-state index in [1.165, 1.54) is 25.6 Å². The molecule has 1 N–H and O–H groups in total. The molecule has 0 bridgehead atoms. The number of methoxy groups -OCH3 is 3. The summed E-state index contributed by atoms with van der Waals surface area (Å²) < 4.78 is 16.1. The van der Waals surface area contributed by atoms with Crippen LogP contribution in [-0.4, -0.2) is 33.1 Å². The maximum Gasteiger partial charge on any atom is 0.282 e. The third kappa shape index (κ3) is 3.69. The molecule has 0 atom stereocenters. The second kappa shape index (κ2) is 8.76. The lowest BCUT2D eigenvalue weighted by Gasteiger charge is -2.19. The Morgan fingerprint density at radius 3 is 2.31 bits per heavy atom. The predicted octanol–water partition coefficient (Wildman–Crippen LogP) is 4.48. The Labute approximate surface area is 189 Å². The van der Waals surface area contributed by atoms with Gasteiger partial charge in [-0.05, 0) is 48.2 Å². The van der Waals surface area contributed by atoms with Gasteiger partial charge in [0, 0.05) is 10.9 Å². The molecule has 0 saturated heterocycles. The van der Waals surface area contributed by atoms with Crippen molar-refractivity contribution in [2.75, 3.05) is 31.5 Å². The van der Waals surface area contributed by atoms with Gasteiger partial charge in [-0.1, -0.05) is 12.1 Å². The molecule has 0 aliphatic carbocycles. The number of hydrogen-bond acceptors (Lipinski definition) is 7. The molecule has 1 aromatic heterocycles. The van der Waals surface area contributed by atoms with Gasteiger partial charge in [0.15, 0.2) is 0 Å². The molecule has 2 heterocycles. The minimum Gasteiger partial charge on any atom is -0.497 e. The first-order valence-electron chi connectivity index (χ1n) is 9.79. The van der Waals surface area contributed by atoms with Crippen molar-refractivity contribution in [2.24, 2.45) is 0 Å². The third-order valence-corrected chi connectivity index (χ3v) is 5.98. The van der Waals surface area contributed by atoms with Crippen LogP contribution in [0.2, 0.25) is 0 Å². The lowest BCUT2D eigenvalue weighted by atomic mass is 10.1. The summed E-state index contributed by atoms with van der Waals surface area (Å²) in [6.45, 7) is 1.89. The highest BCUT2D eigenvalue weighted by Crippen LogP contribution is 2.40. The summed E-state index contributed by atoms with van der Waals surface area (Å²) in [5.41, 5.74) is 2.31. The van der Waals surface area contributed by atoms with Crippen LogP contribution in [0.25, 0.3) is 5.57 Å². The maximum atomic E-state index is 13.6. The van der Waals surface area contributed by atoms with Gasteiger partial charge in [0.1, 0.15) is 22.9 Å². The number of carbonyl (C=O) groups excluding carboxylic acids is 2. The molecule has 164 valence electrons. The number of ether oxygens (including phenoxy) is 3. The zero-order valence-electron chi connectivity index (χ0n) is 18.1. The largest absolute Gasteiger partial charge is 0.497 e. The van der Waals surface area contributed by atoms with Crippen molar-refractivity contribution in [1.29, 1.82) is 0 Å². The fourth-order valence-corrected chi connectivity index (χ4v) is 4.29. The molecule has 4 rings (SSSR count). The van der Waals surface area contributed by atoms with E-state index in [-0.39, 0.29) is 5.70 Å². The third-order valence-electron chi connectivity index (χ3n) is 5.10. The molecule has 32 heavy (non-hydrogen) atoms. The van der Waals surface area contributed by atoms with E-state index in [4.69, 9.17) is 14.2 Å². The number of imide groups is 1. The highest BCUT2D eigenvalue weighted by molar-refractivity contribution is 7.11. The molecule has 2 amide bonds. The SMILES string of the molecule is COc1ccc(NC2=C(c3cccs3)C(=O)N(c3cc(C)ccc3OC)C2=O)c(OC)c1. The van der Waals surface area contributed by atoms with E-state index < -0.39 is 11.8 Å². The van der Waals surface area contributed by atoms with E-state index in [0.717, 1.165) is 10.5 Å². The number of aryl methyl sites for hydroxylation is 1. The summed E-state index contributed by atoms with van der Waals surface area (Å²) >= 11 is 1.39. The van der Waals surface area contributed by atoms with Crippen LogP contribution in [0.1, 0.15) is 10.4 Å². The van der Waals surface area contributed by atoms with Crippen LogP contribution in [-0.2, 0) is 9.59 Å². The van der Waals surface area contributed by atoms with E-state index in [9.17, 15) is 9.59 Å². The van der Waals surface area contributed by atoms with Gasteiger partial charge in [-0.3, -0.25) is 9.59 Å². The number of benzene rings is 2.